The van der Waals surface area contributed by atoms with Gasteiger partial charge < -0.3 is 15.2 Å². The number of fused-ring (bicyclic) bond motifs is 1. The monoisotopic (exact) mass is 409 g/mol. The number of hydrogen-bond acceptors (Lipinski definition) is 4. The van der Waals surface area contributed by atoms with Crippen LogP contribution in [-0.4, -0.2) is 39.6 Å². The third-order valence-electron chi connectivity index (χ3n) is 4.85. The fourth-order valence-electron chi connectivity index (χ4n) is 3.49. The van der Waals surface area contributed by atoms with Gasteiger partial charge in [-0.2, -0.15) is 13.2 Å². The Labute approximate surface area is 160 Å². The smallest absolute Gasteiger partial charge is 0.368 e. The number of H-pyrrole nitrogens is 1. The summed E-state index contributed by atoms with van der Waals surface area (Å²) in [7, 11) is -4.37. The number of aromatic nitrogens is 1. The van der Waals surface area contributed by atoms with Gasteiger partial charge in [0.15, 0.2) is 0 Å². The summed E-state index contributed by atoms with van der Waals surface area (Å²) in [5.41, 5.74) is 0.260. The maximum atomic E-state index is 13.3. The second-order valence-electron chi connectivity index (χ2n) is 6.61. The summed E-state index contributed by atoms with van der Waals surface area (Å²) in [5, 5.41) is 3.68. The standard InChI is InChI=1S/C19H18F3N3O2S/c20-19(21,22)14-4-1-2-7-17(14)28(26,27)18-12-13-15(24-18)5-3-6-16(13)25-10-8-23-9-11-25/h1-7,12,23-24H,8-11H2. The molecule has 0 bridgehead atoms. The van der Waals surface area contributed by atoms with E-state index in [1.165, 1.54) is 18.2 Å². The Hall–Kier alpha value is -2.52. The van der Waals surface area contributed by atoms with Crippen LogP contribution < -0.4 is 10.2 Å². The van der Waals surface area contributed by atoms with Crippen LogP contribution in [0.4, 0.5) is 18.9 Å². The van der Waals surface area contributed by atoms with Gasteiger partial charge in [0.1, 0.15) is 5.03 Å². The van der Waals surface area contributed by atoms with E-state index in [9.17, 15) is 21.6 Å². The second-order valence-corrected chi connectivity index (χ2v) is 8.49. The fourth-order valence-corrected chi connectivity index (χ4v) is 4.98. The predicted octanol–water partition coefficient (Wildman–Crippen LogP) is 3.43. The topological polar surface area (TPSA) is 65.2 Å². The molecule has 1 aliphatic rings. The Balaban J connectivity index is 1.84. The van der Waals surface area contributed by atoms with Gasteiger partial charge in [-0.3, -0.25) is 0 Å². The van der Waals surface area contributed by atoms with Crippen LogP contribution in [0.5, 0.6) is 0 Å². The number of halogens is 3. The number of nitrogens with one attached hydrogen (secondary N) is 2. The van der Waals surface area contributed by atoms with Crippen molar-refractivity contribution in [1.29, 1.82) is 0 Å². The number of piperazine rings is 1. The van der Waals surface area contributed by atoms with Crippen LogP contribution in [0.1, 0.15) is 5.56 Å². The lowest BCUT2D eigenvalue weighted by atomic mass is 10.2. The molecule has 0 radical (unpaired) electrons. The molecule has 9 heteroatoms. The van der Waals surface area contributed by atoms with E-state index in [1.807, 2.05) is 6.07 Å². The van der Waals surface area contributed by atoms with E-state index >= 15 is 0 Å². The zero-order chi connectivity index (χ0) is 19.9. The predicted molar refractivity (Wildman–Crippen MR) is 100 cm³/mol. The Bertz CT molecular complexity index is 1120. The van der Waals surface area contributed by atoms with Crippen molar-refractivity contribution in [3.8, 4) is 0 Å². The molecule has 1 aliphatic heterocycles. The summed E-state index contributed by atoms with van der Waals surface area (Å²) in [6.07, 6.45) is -4.76. The number of alkyl halides is 3. The van der Waals surface area contributed by atoms with Gasteiger partial charge in [-0.1, -0.05) is 18.2 Å². The minimum atomic E-state index is -4.76. The van der Waals surface area contributed by atoms with Gasteiger partial charge in [-0.05, 0) is 30.3 Å². The highest BCUT2D eigenvalue weighted by Gasteiger charge is 2.37. The van der Waals surface area contributed by atoms with Gasteiger partial charge in [0.05, 0.1) is 10.5 Å². The number of rotatable bonds is 3. The molecular formula is C19H18F3N3O2S. The molecular weight excluding hydrogens is 391 g/mol. The van der Waals surface area contributed by atoms with Crippen molar-refractivity contribution in [2.75, 3.05) is 31.1 Å². The number of hydrogen-bond donors (Lipinski definition) is 2. The molecule has 0 unspecified atom stereocenters. The van der Waals surface area contributed by atoms with E-state index in [1.54, 1.807) is 12.1 Å². The molecule has 28 heavy (non-hydrogen) atoms. The lowest BCUT2D eigenvalue weighted by Gasteiger charge is -2.30. The Morgan fingerprint density at radius 3 is 2.39 bits per heavy atom. The second kappa shape index (κ2) is 6.82. The first-order valence-corrected chi connectivity index (χ1v) is 10.3. The molecule has 2 N–H and O–H groups in total. The maximum Gasteiger partial charge on any atom is 0.417 e. The van der Waals surface area contributed by atoms with Crippen molar-refractivity contribution in [3.63, 3.8) is 0 Å². The van der Waals surface area contributed by atoms with Gasteiger partial charge in [0, 0.05) is 42.8 Å². The zero-order valence-electron chi connectivity index (χ0n) is 14.8. The molecule has 4 rings (SSSR count). The largest absolute Gasteiger partial charge is 0.417 e. The molecule has 5 nitrogen and oxygen atoms in total. The van der Waals surface area contributed by atoms with E-state index in [0.29, 0.717) is 10.9 Å². The summed E-state index contributed by atoms with van der Waals surface area (Å²) in [6.45, 7) is 3.16. The minimum Gasteiger partial charge on any atom is -0.368 e. The first-order valence-electron chi connectivity index (χ1n) is 8.77. The van der Waals surface area contributed by atoms with Gasteiger partial charge >= 0.3 is 6.18 Å². The zero-order valence-corrected chi connectivity index (χ0v) is 15.6. The molecule has 0 aliphatic carbocycles. The Morgan fingerprint density at radius 1 is 0.964 bits per heavy atom. The SMILES string of the molecule is O=S(=O)(c1cc2c(N3CCNCC3)cccc2[nH]1)c1ccccc1C(F)(F)F. The lowest BCUT2D eigenvalue weighted by Crippen LogP contribution is -2.43. The Morgan fingerprint density at radius 2 is 1.68 bits per heavy atom. The summed E-state index contributed by atoms with van der Waals surface area (Å²) in [6, 6.07) is 11.1. The first-order chi connectivity index (χ1) is 13.3. The molecule has 0 atom stereocenters. The van der Waals surface area contributed by atoms with Gasteiger partial charge in [0.2, 0.25) is 9.84 Å². The third-order valence-corrected chi connectivity index (χ3v) is 6.58. The number of sulfone groups is 1. The molecule has 148 valence electrons. The highest BCUT2D eigenvalue weighted by atomic mass is 32.2. The molecule has 1 aromatic heterocycles. The lowest BCUT2D eigenvalue weighted by molar-refractivity contribution is -0.139. The molecule has 1 saturated heterocycles. The summed E-state index contributed by atoms with van der Waals surface area (Å²) in [4.78, 5) is 4.17. The molecule has 1 fully saturated rings. The summed E-state index contributed by atoms with van der Waals surface area (Å²) >= 11 is 0. The normalized spacial score (nSPS) is 15.9. The van der Waals surface area contributed by atoms with Crippen LogP contribution in [0, 0.1) is 0 Å². The van der Waals surface area contributed by atoms with E-state index in [2.05, 4.69) is 15.2 Å². The van der Waals surface area contributed by atoms with E-state index in [4.69, 9.17) is 0 Å². The van der Waals surface area contributed by atoms with Crippen molar-refractivity contribution < 1.29 is 21.6 Å². The molecule has 0 spiro atoms. The third kappa shape index (κ3) is 3.24. The van der Waals surface area contributed by atoms with E-state index < -0.39 is 26.5 Å². The van der Waals surface area contributed by atoms with Crippen molar-refractivity contribution in [2.24, 2.45) is 0 Å². The maximum absolute atomic E-state index is 13.3. The van der Waals surface area contributed by atoms with Gasteiger partial charge in [-0.15, -0.1) is 0 Å². The highest BCUT2D eigenvalue weighted by molar-refractivity contribution is 7.91. The van der Waals surface area contributed by atoms with Crippen molar-refractivity contribution >= 4 is 26.4 Å². The molecule has 2 heterocycles. The van der Waals surface area contributed by atoms with Crippen LogP contribution in [0.3, 0.4) is 0 Å². The van der Waals surface area contributed by atoms with Crippen molar-refractivity contribution in [2.45, 2.75) is 16.1 Å². The molecule has 2 aromatic carbocycles. The average Bonchev–Trinajstić information content (AvgIpc) is 3.13. The van der Waals surface area contributed by atoms with Gasteiger partial charge in [-0.25, -0.2) is 8.42 Å². The van der Waals surface area contributed by atoms with Crippen LogP contribution >= 0.6 is 0 Å². The molecule has 3 aromatic rings. The fraction of sp³-hybridized carbons (Fsp3) is 0.263. The van der Waals surface area contributed by atoms with Crippen LogP contribution in [0.2, 0.25) is 0 Å². The molecule has 0 amide bonds. The Kier molecular flexibility index (Phi) is 4.59. The average molecular weight is 409 g/mol. The number of nitrogens with zero attached hydrogens (tertiary/aromatic N) is 1. The van der Waals surface area contributed by atoms with Crippen LogP contribution in [0.15, 0.2) is 58.5 Å². The number of benzene rings is 2. The van der Waals surface area contributed by atoms with Crippen molar-refractivity contribution in [1.82, 2.24) is 10.3 Å². The van der Waals surface area contributed by atoms with Crippen LogP contribution in [0.25, 0.3) is 10.9 Å². The number of anilines is 1. The van der Waals surface area contributed by atoms with E-state index in [-0.39, 0.29) is 5.03 Å². The van der Waals surface area contributed by atoms with Crippen molar-refractivity contribution in [3.05, 3.63) is 54.1 Å². The molecule has 0 saturated carbocycles. The summed E-state index contributed by atoms with van der Waals surface area (Å²) in [5.74, 6) is 0. The quantitative estimate of drug-likeness (QED) is 0.696. The first kappa shape index (κ1) is 18.8. The highest BCUT2D eigenvalue weighted by Crippen LogP contribution is 2.37. The summed E-state index contributed by atoms with van der Waals surface area (Å²) < 4.78 is 66.0. The van der Waals surface area contributed by atoms with E-state index in [0.717, 1.165) is 44.0 Å². The number of aromatic amines is 1. The van der Waals surface area contributed by atoms with Crippen LogP contribution in [-0.2, 0) is 16.0 Å². The van der Waals surface area contributed by atoms with Gasteiger partial charge in [0.25, 0.3) is 0 Å². The minimum absolute atomic E-state index is 0.248.